The molecule has 0 unspecified atom stereocenters. The lowest BCUT2D eigenvalue weighted by molar-refractivity contribution is -0.117. The Balaban J connectivity index is 1.24. The molecule has 1 fully saturated rings. The van der Waals surface area contributed by atoms with E-state index in [1.807, 2.05) is 24.0 Å². The number of hydrogen-bond donors (Lipinski definition) is 1. The highest BCUT2D eigenvalue weighted by atomic mass is 35.5. The molecule has 3 aromatic rings. The fourth-order valence-corrected chi connectivity index (χ4v) is 5.91. The number of cyclic esters (lactones) is 1. The molecule has 0 radical (unpaired) electrons. The topological polar surface area (TPSA) is 79.0 Å². The zero-order valence-corrected chi connectivity index (χ0v) is 23.4. The van der Waals surface area contributed by atoms with Gasteiger partial charge in [0.05, 0.1) is 22.9 Å². The Morgan fingerprint density at radius 2 is 1.72 bits per heavy atom. The van der Waals surface area contributed by atoms with Gasteiger partial charge in [-0.3, -0.25) is 19.4 Å². The lowest BCUT2D eigenvalue weighted by Gasteiger charge is -2.40. The molecule has 39 heavy (non-hydrogen) atoms. The van der Waals surface area contributed by atoms with Gasteiger partial charge < -0.3 is 10.1 Å². The van der Waals surface area contributed by atoms with Crippen molar-refractivity contribution in [1.29, 1.82) is 0 Å². The first-order valence-electron chi connectivity index (χ1n) is 12.6. The van der Waals surface area contributed by atoms with Crippen LogP contribution in [-0.2, 0) is 16.1 Å². The summed E-state index contributed by atoms with van der Waals surface area (Å²) in [7, 11) is 0. The van der Waals surface area contributed by atoms with E-state index >= 15 is 0 Å². The lowest BCUT2D eigenvalue weighted by atomic mass is 9.99. The number of piperidine rings is 1. The summed E-state index contributed by atoms with van der Waals surface area (Å²) < 4.78 is 5.42. The summed E-state index contributed by atoms with van der Waals surface area (Å²) in [6.07, 6.45) is 1.00. The first-order valence-corrected chi connectivity index (χ1v) is 13.7. The molecule has 1 saturated heterocycles. The maximum absolute atomic E-state index is 13.2. The van der Waals surface area contributed by atoms with Crippen LogP contribution >= 0.6 is 34.8 Å². The van der Waals surface area contributed by atoms with Crippen molar-refractivity contribution in [3.8, 4) is 0 Å². The number of benzene rings is 3. The SMILES string of the molecule is Cc1cc(Cl)cc2c1N(C1CCN(CC(=O)Nc3ccc(Cl)cc3C(=O)c3ccccc3Cl)CC1)C(=O)OC2. The average Bonchev–Trinajstić information content (AvgIpc) is 2.90. The second kappa shape index (κ2) is 11.6. The number of fused-ring (bicyclic) bond motifs is 1. The second-order valence-electron chi connectivity index (χ2n) is 9.71. The van der Waals surface area contributed by atoms with Crippen molar-refractivity contribution >= 4 is 64.0 Å². The predicted octanol–water partition coefficient (Wildman–Crippen LogP) is 6.75. The van der Waals surface area contributed by atoms with E-state index in [0.29, 0.717) is 52.2 Å². The maximum Gasteiger partial charge on any atom is 0.414 e. The van der Waals surface area contributed by atoms with Gasteiger partial charge in [-0.25, -0.2) is 4.79 Å². The fraction of sp³-hybridized carbons (Fsp3) is 0.276. The molecule has 10 heteroatoms. The molecular weight excluding hydrogens is 561 g/mol. The third-order valence-corrected chi connectivity index (χ3v) is 7.82. The number of nitrogens with one attached hydrogen (secondary N) is 1. The van der Waals surface area contributed by atoms with E-state index in [4.69, 9.17) is 39.5 Å². The number of anilines is 2. The molecule has 2 aliphatic heterocycles. The summed E-state index contributed by atoms with van der Waals surface area (Å²) in [5.74, 6) is -0.582. The minimum Gasteiger partial charge on any atom is -0.444 e. The summed E-state index contributed by atoms with van der Waals surface area (Å²) in [6.45, 7) is 3.53. The Morgan fingerprint density at radius 3 is 2.46 bits per heavy atom. The van der Waals surface area contributed by atoms with E-state index in [2.05, 4.69) is 5.32 Å². The highest BCUT2D eigenvalue weighted by Gasteiger charge is 2.35. The minimum absolute atomic E-state index is 0.0492. The van der Waals surface area contributed by atoms with Crippen LogP contribution in [0.1, 0.15) is 39.9 Å². The Labute approximate surface area is 241 Å². The van der Waals surface area contributed by atoms with Gasteiger partial charge in [0.25, 0.3) is 0 Å². The molecule has 2 heterocycles. The number of ether oxygens (including phenoxy) is 1. The largest absolute Gasteiger partial charge is 0.444 e. The zero-order chi connectivity index (χ0) is 27.7. The van der Waals surface area contributed by atoms with Gasteiger partial charge in [-0.15, -0.1) is 0 Å². The van der Waals surface area contributed by atoms with Crippen LogP contribution in [0, 0.1) is 6.92 Å². The molecule has 0 aromatic heterocycles. The minimum atomic E-state index is -0.359. The number of amides is 2. The number of ketones is 1. The van der Waals surface area contributed by atoms with Crippen LogP contribution in [-0.4, -0.2) is 48.4 Å². The third kappa shape index (κ3) is 5.92. The van der Waals surface area contributed by atoms with Crippen LogP contribution < -0.4 is 10.2 Å². The molecule has 0 spiro atoms. The van der Waals surface area contributed by atoms with E-state index in [-0.39, 0.29) is 42.5 Å². The summed E-state index contributed by atoms with van der Waals surface area (Å²) in [4.78, 5) is 42.7. The predicted molar refractivity (Wildman–Crippen MR) is 153 cm³/mol. The van der Waals surface area contributed by atoms with E-state index < -0.39 is 0 Å². The van der Waals surface area contributed by atoms with Crippen LogP contribution in [0.2, 0.25) is 15.1 Å². The summed E-state index contributed by atoms with van der Waals surface area (Å²) in [5.41, 5.74) is 3.65. The van der Waals surface area contributed by atoms with E-state index in [1.165, 1.54) is 6.07 Å². The quantitative estimate of drug-likeness (QED) is 0.324. The van der Waals surface area contributed by atoms with E-state index in [0.717, 1.165) is 16.8 Å². The number of halogens is 3. The van der Waals surface area contributed by atoms with Crippen LogP contribution in [0.3, 0.4) is 0 Å². The van der Waals surface area contributed by atoms with Gasteiger partial charge >= 0.3 is 6.09 Å². The monoisotopic (exact) mass is 585 g/mol. The number of likely N-dealkylation sites (tertiary alicyclic amines) is 1. The first-order chi connectivity index (χ1) is 18.7. The van der Waals surface area contributed by atoms with E-state index in [1.54, 1.807) is 41.3 Å². The molecule has 0 aliphatic carbocycles. The number of hydrogen-bond acceptors (Lipinski definition) is 5. The lowest BCUT2D eigenvalue weighted by Crippen LogP contribution is -2.50. The molecule has 202 valence electrons. The smallest absolute Gasteiger partial charge is 0.414 e. The summed E-state index contributed by atoms with van der Waals surface area (Å²) in [6, 6.07) is 15.1. The van der Waals surface area contributed by atoms with Gasteiger partial charge in [0.15, 0.2) is 5.78 Å². The molecule has 0 atom stereocenters. The highest BCUT2D eigenvalue weighted by Crippen LogP contribution is 2.36. The Bertz CT molecular complexity index is 1450. The normalized spacial score (nSPS) is 16.0. The maximum atomic E-state index is 13.2. The molecule has 1 N–H and O–H groups in total. The third-order valence-electron chi connectivity index (χ3n) is 7.04. The number of aryl methyl sites for hydroxylation is 1. The number of carbonyl (C=O) groups excluding carboxylic acids is 3. The van der Waals surface area contributed by atoms with Crippen molar-refractivity contribution in [2.24, 2.45) is 0 Å². The van der Waals surface area contributed by atoms with Gasteiger partial charge in [0, 0.05) is 45.9 Å². The van der Waals surface area contributed by atoms with Crippen LogP contribution in [0.15, 0.2) is 54.6 Å². The summed E-state index contributed by atoms with van der Waals surface area (Å²) >= 11 is 18.6. The van der Waals surface area contributed by atoms with Gasteiger partial charge in [0.1, 0.15) is 6.61 Å². The number of carbonyl (C=O) groups is 3. The van der Waals surface area contributed by atoms with Gasteiger partial charge in [0.2, 0.25) is 5.91 Å². The average molecular weight is 587 g/mol. The summed E-state index contributed by atoms with van der Waals surface area (Å²) in [5, 5.41) is 4.17. The van der Waals surface area contributed by atoms with Crippen molar-refractivity contribution in [1.82, 2.24) is 4.90 Å². The second-order valence-corrected chi connectivity index (χ2v) is 11.0. The molecule has 0 bridgehead atoms. The molecule has 5 rings (SSSR count). The van der Waals surface area contributed by atoms with Crippen LogP contribution in [0.5, 0.6) is 0 Å². The Morgan fingerprint density at radius 1 is 0.974 bits per heavy atom. The van der Waals surface area contributed by atoms with Crippen LogP contribution in [0.4, 0.5) is 16.2 Å². The van der Waals surface area contributed by atoms with Gasteiger partial charge in [-0.05, 0) is 67.8 Å². The molecule has 2 aliphatic rings. The fourth-order valence-electron chi connectivity index (χ4n) is 5.22. The van der Waals surface area contributed by atoms with Crippen molar-refractivity contribution in [2.45, 2.75) is 32.4 Å². The van der Waals surface area contributed by atoms with Crippen LogP contribution in [0.25, 0.3) is 0 Å². The Kier molecular flexibility index (Phi) is 8.14. The molecule has 2 amide bonds. The van der Waals surface area contributed by atoms with Crippen molar-refractivity contribution in [3.63, 3.8) is 0 Å². The number of rotatable bonds is 6. The van der Waals surface area contributed by atoms with Gasteiger partial charge in [-0.2, -0.15) is 0 Å². The number of nitrogens with zero attached hydrogens (tertiary/aromatic N) is 2. The first kappa shape index (κ1) is 27.5. The standard InChI is InChI=1S/C29H26Cl3N3O4/c1-17-12-20(31)13-18-16-39-29(38)35(27(17)18)21-8-10-34(11-9-21)15-26(36)33-25-7-6-19(30)14-23(25)28(37)22-4-2-3-5-24(22)32/h2-7,12-14,21H,8-11,15-16H2,1H3,(H,33,36). The van der Waals surface area contributed by atoms with Gasteiger partial charge in [-0.1, -0.05) is 46.9 Å². The molecular formula is C29H26Cl3N3O4. The van der Waals surface area contributed by atoms with Crippen molar-refractivity contribution in [2.75, 3.05) is 29.9 Å². The highest BCUT2D eigenvalue weighted by molar-refractivity contribution is 6.36. The molecule has 7 nitrogen and oxygen atoms in total. The van der Waals surface area contributed by atoms with Crippen molar-refractivity contribution in [3.05, 3.63) is 91.9 Å². The molecule has 3 aromatic carbocycles. The zero-order valence-electron chi connectivity index (χ0n) is 21.2. The van der Waals surface area contributed by atoms with E-state index in [9.17, 15) is 14.4 Å². The van der Waals surface area contributed by atoms with Crippen molar-refractivity contribution < 1.29 is 19.1 Å². The Hall–Kier alpha value is -3.10. The molecule has 0 saturated carbocycles.